The van der Waals surface area contributed by atoms with Crippen molar-refractivity contribution >= 4 is 21.7 Å². The highest BCUT2D eigenvalue weighted by atomic mass is 79.9. The number of hydrogen-bond donors (Lipinski definition) is 0. The summed E-state index contributed by atoms with van der Waals surface area (Å²) in [6.45, 7) is 2.01. The van der Waals surface area contributed by atoms with E-state index in [0.717, 1.165) is 28.4 Å². The third-order valence-electron chi connectivity index (χ3n) is 3.08. The zero-order valence-corrected chi connectivity index (χ0v) is 12.6. The maximum absolute atomic E-state index is 12.1. The fourth-order valence-electron chi connectivity index (χ4n) is 2.14. The molecular formula is C17H17BrO. The molecule has 2 heteroatoms. The minimum absolute atomic E-state index is 0.223. The van der Waals surface area contributed by atoms with Crippen LogP contribution in [0.2, 0.25) is 0 Å². The van der Waals surface area contributed by atoms with Gasteiger partial charge in [0.2, 0.25) is 0 Å². The summed E-state index contributed by atoms with van der Waals surface area (Å²) >= 11 is 3.43. The van der Waals surface area contributed by atoms with Crippen LogP contribution in [0.3, 0.4) is 0 Å². The summed E-state index contributed by atoms with van der Waals surface area (Å²) < 4.78 is 0.971. The summed E-state index contributed by atoms with van der Waals surface area (Å²) in [4.78, 5) is 12.1. The van der Waals surface area contributed by atoms with Crippen molar-refractivity contribution in [2.24, 2.45) is 0 Å². The van der Waals surface area contributed by atoms with Crippen molar-refractivity contribution in [1.82, 2.24) is 0 Å². The first-order valence-corrected chi connectivity index (χ1v) is 7.29. The lowest BCUT2D eigenvalue weighted by molar-refractivity contribution is 0.0980. The van der Waals surface area contributed by atoms with Gasteiger partial charge in [0.05, 0.1) is 0 Å². The van der Waals surface area contributed by atoms with Crippen LogP contribution in [0.5, 0.6) is 0 Å². The zero-order chi connectivity index (χ0) is 13.7. The molecule has 2 aromatic carbocycles. The van der Waals surface area contributed by atoms with E-state index >= 15 is 0 Å². The van der Waals surface area contributed by atoms with Gasteiger partial charge < -0.3 is 0 Å². The lowest BCUT2D eigenvalue weighted by atomic mass is 10.0. The van der Waals surface area contributed by atoms with Crippen molar-refractivity contribution in [3.63, 3.8) is 0 Å². The zero-order valence-electron chi connectivity index (χ0n) is 11.0. The minimum Gasteiger partial charge on any atom is -0.294 e. The Balaban J connectivity index is 1.91. The third-order valence-corrected chi connectivity index (χ3v) is 3.53. The molecule has 2 rings (SSSR count). The van der Waals surface area contributed by atoms with Gasteiger partial charge in [-0.2, -0.15) is 0 Å². The SMILES string of the molecule is Cc1cc(Br)cc(C(=O)CCCc2ccccc2)c1. The summed E-state index contributed by atoms with van der Waals surface area (Å²) in [7, 11) is 0. The summed E-state index contributed by atoms with van der Waals surface area (Å²) in [6.07, 6.45) is 2.46. The highest BCUT2D eigenvalue weighted by molar-refractivity contribution is 9.10. The van der Waals surface area contributed by atoms with Gasteiger partial charge in [-0.05, 0) is 49.1 Å². The molecule has 0 atom stereocenters. The van der Waals surface area contributed by atoms with Gasteiger partial charge in [-0.3, -0.25) is 4.79 Å². The Labute approximate surface area is 122 Å². The molecule has 0 aliphatic heterocycles. The average molecular weight is 317 g/mol. The molecule has 0 heterocycles. The molecule has 0 unspecified atom stereocenters. The van der Waals surface area contributed by atoms with Crippen molar-refractivity contribution in [2.45, 2.75) is 26.2 Å². The lowest BCUT2D eigenvalue weighted by Gasteiger charge is -2.04. The molecule has 0 aromatic heterocycles. The van der Waals surface area contributed by atoms with Crippen molar-refractivity contribution < 1.29 is 4.79 Å². The Kier molecular flexibility index (Phi) is 4.92. The van der Waals surface area contributed by atoms with Crippen molar-refractivity contribution in [3.05, 3.63) is 69.7 Å². The Morgan fingerprint density at radius 1 is 1.11 bits per heavy atom. The molecule has 2 aromatic rings. The number of halogens is 1. The Bertz CT molecular complexity index is 540. The summed E-state index contributed by atoms with van der Waals surface area (Å²) in [6, 6.07) is 16.2. The second-order valence-electron chi connectivity index (χ2n) is 4.78. The van der Waals surface area contributed by atoms with Gasteiger partial charge in [-0.1, -0.05) is 46.3 Å². The van der Waals surface area contributed by atoms with E-state index in [0.29, 0.717) is 6.42 Å². The van der Waals surface area contributed by atoms with Crippen molar-refractivity contribution in [3.8, 4) is 0 Å². The van der Waals surface area contributed by atoms with Crippen LogP contribution in [0.1, 0.15) is 34.3 Å². The quantitative estimate of drug-likeness (QED) is 0.712. The predicted molar refractivity (Wildman–Crippen MR) is 82.6 cm³/mol. The van der Waals surface area contributed by atoms with Crippen LogP contribution in [0, 0.1) is 6.92 Å². The molecule has 0 aliphatic rings. The molecule has 0 bridgehead atoms. The van der Waals surface area contributed by atoms with E-state index in [1.54, 1.807) is 0 Å². The van der Waals surface area contributed by atoms with E-state index in [4.69, 9.17) is 0 Å². The number of benzene rings is 2. The number of rotatable bonds is 5. The van der Waals surface area contributed by atoms with Crippen LogP contribution in [-0.4, -0.2) is 5.78 Å². The summed E-state index contributed by atoms with van der Waals surface area (Å²) in [5.41, 5.74) is 3.21. The van der Waals surface area contributed by atoms with Crippen LogP contribution in [-0.2, 0) is 6.42 Å². The molecule has 0 aliphatic carbocycles. The standard InChI is InChI=1S/C17H17BrO/c1-13-10-15(12-16(18)11-13)17(19)9-5-8-14-6-3-2-4-7-14/h2-4,6-7,10-12H,5,8-9H2,1H3. The number of ketones is 1. The molecule has 0 saturated heterocycles. The Morgan fingerprint density at radius 2 is 1.84 bits per heavy atom. The van der Waals surface area contributed by atoms with E-state index in [1.165, 1.54) is 5.56 Å². The number of aryl methyl sites for hydroxylation is 2. The highest BCUT2D eigenvalue weighted by Crippen LogP contribution is 2.17. The number of Topliss-reactive ketones (excluding diaryl/α,β-unsaturated/α-hetero) is 1. The summed E-state index contributed by atoms with van der Waals surface area (Å²) in [5.74, 6) is 0.223. The normalized spacial score (nSPS) is 10.4. The highest BCUT2D eigenvalue weighted by Gasteiger charge is 2.07. The van der Waals surface area contributed by atoms with Gasteiger partial charge in [0.25, 0.3) is 0 Å². The van der Waals surface area contributed by atoms with E-state index in [9.17, 15) is 4.79 Å². The van der Waals surface area contributed by atoms with Gasteiger partial charge in [0.1, 0.15) is 0 Å². The molecule has 98 valence electrons. The topological polar surface area (TPSA) is 17.1 Å². The first-order valence-electron chi connectivity index (χ1n) is 6.49. The molecule has 19 heavy (non-hydrogen) atoms. The largest absolute Gasteiger partial charge is 0.294 e. The van der Waals surface area contributed by atoms with Gasteiger partial charge in [0, 0.05) is 16.5 Å². The molecular weight excluding hydrogens is 300 g/mol. The van der Waals surface area contributed by atoms with Crippen LogP contribution in [0.25, 0.3) is 0 Å². The number of carbonyl (C=O) groups is 1. The van der Waals surface area contributed by atoms with E-state index < -0.39 is 0 Å². The molecule has 0 spiro atoms. The van der Waals surface area contributed by atoms with E-state index in [1.807, 2.05) is 43.3 Å². The molecule has 0 fully saturated rings. The molecule has 1 nitrogen and oxygen atoms in total. The molecule has 0 N–H and O–H groups in total. The fourth-order valence-corrected chi connectivity index (χ4v) is 2.75. The monoisotopic (exact) mass is 316 g/mol. The van der Waals surface area contributed by atoms with Crippen LogP contribution < -0.4 is 0 Å². The number of hydrogen-bond acceptors (Lipinski definition) is 1. The fraction of sp³-hybridized carbons (Fsp3) is 0.235. The van der Waals surface area contributed by atoms with Gasteiger partial charge in [-0.25, -0.2) is 0 Å². The van der Waals surface area contributed by atoms with Gasteiger partial charge in [-0.15, -0.1) is 0 Å². The smallest absolute Gasteiger partial charge is 0.162 e. The van der Waals surface area contributed by atoms with Crippen molar-refractivity contribution in [1.29, 1.82) is 0 Å². The van der Waals surface area contributed by atoms with Crippen molar-refractivity contribution in [2.75, 3.05) is 0 Å². The first kappa shape index (κ1) is 14.0. The second kappa shape index (κ2) is 6.67. The molecule has 0 saturated carbocycles. The maximum atomic E-state index is 12.1. The van der Waals surface area contributed by atoms with E-state index in [2.05, 4.69) is 28.1 Å². The molecule has 0 amide bonds. The maximum Gasteiger partial charge on any atom is 0.162 e. The van der Waals surface area contributed by atoms with Crippen LogP contribution >= 0.6 is 15.9 Å². The lowest BCUT2D eigenvalue weighted by Crippen LogP contribution is -2.00. The van der Waals surface area contributed by atoms with Gasteiger partial charge in [0.15, 0.2) is 5.78 Å². The van der Waals surface area contributed by atoms with E-state index in [-0.39, 0.29) is 5.78 Å². The number of carbonyl (C=O) groups excluding carboxylic acids is 1. The second-order valence-corrected chi connectivity index (χ2v) is 5.70. The van der Waals surface area contributed by atoms with Crippen LogP contribution in [0.4, 0.5) is 0 Å². The van der Waals surface area contributed by atoms with Gasteiger partial charge >= 0.3 is 0 Å². The third kappa shape index (κ3) is 4.32. The predicted octanol–water partition coefficient (Wildman–Crippen LogP) is 4.96. The molecule has 0 radical (unpaired) electrons. The Hall–Kier alpha value is -1.41. The Morgan fingerprint density at radius 3 is 2.53 bits per heavy atom. The average Bonchev–Trinajstić information content (AvgIpc) is 2.38. The van der Waals surface area contributed by atoms with Crippen LogP contribution in [0.15, 0.2) is 53.0 Å². The first-order chi connectivity index (χ1) is 9.15. The summed E-state index contributed by atoms with van der Waals surface area (Å²) in [5, 5.41) is 0. The minimum atomic E-state index is 0.223.